The number of aromatic amines is 1. The van der Waals surface area contributed by atoms with E-state index in [9.17, 15) is 18.0 Å². The Bertz CT molecular complexity index is 1230. The van der Waals surface area contributed by atoms with Gasteiger partial charge in [-0.15, -0.1) is 0 Å². The number of para-hydroxylation sites is 1. The lowest BCUT2D eigenvalue weighted by Gasteiger charge is -2.26. The number of nitrogens with zero attached hydrogens (tertiary/aromatic N) is 1. The highest BCUT2D eigenvalue weighted by atomic mass is 32.2. The molecule has 0 atom stereocenters. The lowest BCUT2D eigenvalue weighted by molar-refractivity contribution is 0.102. The van der Waals surface area contributed by atoms with Crippen LogP contribution in [-0.4, -0.2) is 36.7 Å². The van der Waals surface area contributed by atoms with Crippen LogP contribution in [0.5, 0.6) is 0 Å². The number of anilines is 1. The van der Waals surface area contributed by atoms with Crippen LogP contribution < -0.4 is 10.7 Å². The number of hydrogen-bond acceptors (Lipinski definition) is 4. The van der Waals surface area contributed by atoms with Gasteiger partial charge in [0, 0.05) is 35.9 Å². The molecule has 1 aliphatic rings. The van der Waals surface area contributed by atoms with Crippen molar-refractivity contribution < 1.29 is 13.2 Å². The Labute approximate surface area is 168 Å². The maximum absolute atomic E-state index is 12.9. The van der Waals surface area contributed by atoms with Gasteiger partial charge in [-0.2, -0.15) is 4.31 Å². The minimum absolute atomic E-state index is 0.0343. The fourth-order valence-corrected chi connectivity index (χ4v) is 5.09. The third-order valence-corrected chi connectivity index (χ3v) is 6.97. The SMILES string of the molecule is O=C(Nc1cccc(S(=O)(=O)N2CCCCC2)c1)c1c[nH]c2ccccc2c1=O. The molecule has 4 rings (SSSR count). The van der Waals surface area contributed by atoms with Crippen LogP contribution in [0.25, 0.3) is 10.9 Å². The monoisotopic (exact) mass is 411 g/mol. The number of hydrogen-bond donors (Lipinski definition) is 2. The molecule has 150 valence electrons. The van der Waals surface area contributed by atoms with Crippen LogP contribution in [0.4, 0.5) is 5.69 Å². The normalized spacial score (nSPS) is 15.3. The van der Waals surface area contributed by atoms with Crippen molar-refractivity contribution in [2.75, 3.05) is 18.4 Å². The molecule has 1 aliphatic heterocycles. The van der Waals surface area contributed by atoms with E-state index in [-0.39, 0.29) is 15.9 Å². The zero-order valence-electron chi connectivity index (χ0n) is 15.7. The highest BCUT2D eigenvalue weighted by molar-refractivity contribution is 7.89. The van der Waals surface area contributed by atoms with Gasteiger partial charge in [-0.3, -0.25) is 9.59 Å². The first kappa shape index (κ1) is 19.4. The Morgan fingerprint density at radius 3 is 2.55 bits per heavy atom. The molecule has 0 saturated carbocycles. The van der Waals surface area contributed by atoms with Crippen molar-refractivity contribution in [3.63, 3.8) is 0 Å². The molecule has 7 nitrogen and oxygen atoms in total. The van der Waals surface area contributed by atoms with Crippen LogP contribution >= 0.6 is 0 Å². The maximum Gasteiger partial charge on any atom is 0.261 e. The lowest BCUT2D eigenvalue weighted by atomic mass is 10.1. The summed E-state index contributed by atoms with van der Waals surface area (Å²) in [6, 6.07) is 13.1. The number of benzene rings is 2. The number of carbonyl (C=O) groups is 1. The predicted molar refractivity (Wildman–Crippen MR) is 112 cm³/mol. The van der Waals surface area contributed by atoms with Gasteiger partial charge in [0.25, 0.3) is 5.91 Å². The predicted octanol–water partition coefficient (Wildman–Crippen LogP) is 2.96. The van der Waals surface area contributed by atoms with Crippen LogP contribution in [-0.2, 0) is 10.0 Å². The van der Waals surface area contributed by atoms with Gasteiger partial charge in [-0.25, -0.2) is 8.42 Å². The molecule has 1 amide bonds. The minimum Gasteiger partial charge on any atom is -0.360 e. The fraction of sp³-hybridized carbons (Fsp3) is 0.238. The van der Waals surface area contributed by atoms with Crippen molar-refractivity contribution in [3.05, 3.63) is 70.5 Å². The van der Waals surface area contributed by atoms with Crippen molar-refractivity contribution in [1.29, 1.82) is 0 Å². The van der Waals surface area contributed by atoms with Crippen molar-refractivity contribution in [2.24, 2.45) is 0 Å². The number of fused-ring (bicyclic) bond motifs is 1. The van der Waals surface area contributed by atoms with Crippen LogP contribution in [0, 0.1) is 0 Å². The van der Waals surface area contributed by atoms with E-state index < -0.39 is 15.9 Å². The zero-order chi connectivity index (χ0) is 20.4. The minimum atomic E-state index is -3.61. The Hall–Kier alpha value is -2.97. The topological polar surface area (TPSA) is 99.3 Å². The van der Waals surface area contributed by atoms with Crippen molar-refractivity contribution in [3.8, 4) is 0 Å². The second-order valence-corrected chi connectivity index (χ2v) is 8.96. The largest absolute Gasteiger partial charge is 0.360 e. The summed E-state index contributed by atoms with van der Waals surface area (Å²) in [4.78, 5) is 28.3. The van der Waals surface area contributed by atoms with Gasteiger partial charge in [0.2, 0.25) is 15.5 Å². The molecule has 3 aromatic rings. The second-order valence-electron chi connectivity index (χ2n) is 7.02. The lowest BCUT2D eigenvalue weighted by Crippen LogP contribution is -2.35. The number of amides is 1. The molecule has 29 heavy (non-hydrogen) atoms. The number of aromatic nitrogens is 1. The Kier molecular flexibility index (Phi) is 5.21. The van der Waals surface area contributed by atoms with Crippen LogP contribution in [0.3, 0.4) is 0 Å². The molecule has 0 spiro atoms. The first-order valence-electron chi connectivity index (χ1n) is 9.49. The highest BCUT2D eigenvalue weighted by Crippen LogP contribution is 2.23. The van der Waals surface area contributed by atoms with Gasteiger partial charge in [-0.1, -0.05) is 24.6 Å². The maximum atomic E-state index is 12.9. The molecule has 0 radical (unpaired) electrons. The third-order valence-electron chi connectivity index (χ3n) is 5.08. The van der Waals surface area contributed by atoms with E-state index in [1.165, 1.54) is 22.6 Å². The number of piperidine rings is 1. The van der Waals surface area contributed by atoms with Gasteiger partial charge in [-0.05, 0) is 43.2 Å². The van der Waals surface area contributed by atoms with E-state index in [0.29, 0.717) is 29.7 Å². The van der Waals surface area contributed by atoms with Crippen molar-refractivity contribution >= 4 is 32.5 Å². The summed E-state index contributed by atoms with van der Waals surface area (Å²) in [7, 11) is -3.61. The fourth-order valence-electron chi connectivity index (χ4n) is 3.52. The number of rotatable bonds is 4. The van der Waals surface area contributed by atoms with Gasteiger partial charge >= 0.3 is 0 Å². The molecule has 2 N–H and O–H groups in total. The number of pyridine rings is 1. The first-order chi connectivity index (χ1) is 14.0. The smallest absolute Gasteiger partial charge is 0.261 e. The van der Waals surface area contributed by atoms with Gasteiger partial charge < -0.3 is 10.3 Å². The molecular formula is C21H21N3O4S. The number of sulfonamides is 1. The first-order valence-corrected chi connectivity index (χ1v) is 10.9. The number of nitrogens with one attached hydrogen (secondary N) is 2. The number of carbonyl (C=O) groups excluding carboxylic acids is 1. The third kappa shape index (κ3) is 3.81. The summed E-state index contributed by atoms with van der Waals surface area (Å²) in [5.74, 6) is -0.593. The van der Waals surface area contributed by atoms with E-state index in [1.54, 1.807) is 36.4 Å². The van der Waals surface area contributed by atoms with Crippen LogP contribution in [0.1, 0.15) is 29.6 Å². The summed E-state index contributed by atoms with van der Waals surface area (Å²) in [6.07, 6.45) is 4.09. The second kappa shape index (κ2) is 7.81. The molecule has 0 bridgehead atoms. The van der Waals surface area contributed by atoms with E-state index in [0.717, 1.165) is 19.3 Å². The molecule has 2 heterocycles. The average molecular weight is 411 g/mol. The molecule has 1 aromatic heterocycles. The summed E-state index contributed by atoms with van der Waals surface area (Å²) >= 11 is 0. The van der Waals surface area contributed by atoms with E-state index in [1.807, 2.05) is 0 Å². The summed E-state index contributed by atoms with van der Waals surface area (Å²) in [6.45, 7) is 1.01. The Balaban J connectivity index is 1.61. The molecule has 2 aromatic carbocycles. The van der Waals surface area contributed by atoms with Crippen LogP contribution in [0.15, 0.2) is 64.4 Å². The van der Waals surface area contributed by atoms with Gasteiger partial charge in [0.15, 0.2) is 0 Å². The Morgan fingerprint density at radius 1 is 1.00 bits per heavy atom. The average Bonchev–Trinajstić information content (AvgIpc) is 2.75. The summed E-state index contributed by atoms with van der Waals surface area (Å²) < 4.78 is 27.2. The molecule has 1 saturated heterocycles. The van der Waals surface area contributed by atoms with E-state index in [4.69, 9.17) is 0 Å². The van der Waals surface area contributed by atoms with E-state index >= 15 is 0 Å². The molecule has 1 fully saturated rings. The van der Waals surface area contributed by atoms with Gasteiger partial charge in [0.1, 0.15) is 5.56 Å². The molecule has 0 unspecified atom stereocenters. The van der Waals surface area contributed by atoms with Crippen molar-refractivity contribution in [2.45, 2.75) is 24.2 Å². The summed E-state index contributed by atoms with van der Waals surface area (Å²) in [5.41, 5.74) is 0.547. The Morgan fingerprint density at radius 2 is 1.76 bits per heavy atom. The highest BCUT2D eigenvalue weighted by Gasteiger charge is 2.26. The molecule has 0 aliphatic carbocycles. The standard InChI is InChI=1S/C21H21N3O4S/c25-20-17-9-2-3-10-19(17)22-14-18(20)21(26)23-15-7-6-8-16(13-15)29(27,28)24-11-4-1-5-12-24/h2-3,6-10,13-14H,1,4-5,11-12H2,(H,22,25)(H,23,26). The van der Waals surface area contributed by atoms with E-state index in [2.05, 4.69) is 10.3 Å². The van der Waals surface area contributed by atoms with Gasteiger partial charge in [0.05, 0.1) is 4.90 Å². The van der Waals surface area contributed by atoms with Crippen molar-refractivity contribution in [1.82, 2.24) is 9.29 Å². The quantitative estimate of drug-likeness (QED) is 0.689. The molecular weight excluding hydrogens is 390 g/mol. The van der Waals surface area contributed by atoms with Crippen LogP contribution in [0.2, 0.25) is 0 Å². The zero-order valence-corrected chi connectivity index (χ0v) is 16.5. The molecule has 8 heteroatoms. The summed E-state index contributed by atoms with van der Waals surface area (Å²) in [5, 5.41) is 3.06. The number of H-pyrrole nitrogens is 1.